The number of anilines is 1. The molecule has 94 valence electrons. The highest BCUT2D eigenvalue weighted by atomic mass is 35.5. The van der Waals surface area contributed by atoms with Crippen LogP contribution in [0.4, 0.5) is 10.2 Å². The molecule has 0 radical (unpaired) electrons. The molecule has 1 aliphatic rings. The molecule has 0 bridgehead atoms. The smallest absolute Gasteiger partial charge is 0.167 e. The maximum absolute atomic E-state index is 13.7. The lowest BCUT2D eigenvalue weighted by molar-refractivity contribution is 0.198. The zero-order valence-corrected chi connectivity index (χ0v) is 10.9. The number of aromatic nitrogens is 1. The summed E-state index contributed by atoms with van der Waals surface area (Å²) in [4.78, 5) is 8.46. The van der Waals surface area contributed by atoms with Crippen LogP contribution in [0.1, 0.15) is 13.8 Å². The number of likely N-dealkylation sites (N-methyl/N-ethyl adjacent to an activating group) is 1. The molecule has 0 aromatic carbocycles. The predicted molar refractivity (Wildman–Crippen MR) is 68.1 cm³/mol. The number of hydrogen-bond acceptors (Lipinski definition) is 3. The molecule has 0 spiro atoms. The molecule has 1 aromatic rings. The van der Waals surface area contributed by atoms with E-state index in [0.29, 0.717) is 16.9 Å². The fourth-order valence-corrected chi connectivity index (χ4v) is 2.44. The Bertz CT molecular complexity index is 399. The molecule has 1 atom stereocenters. The van der Waals surface area contributed by atoms with Gasteiger partial charge in [-0.05, 0) is 19.5 Å². The van der Waals surface area contributed by atoms with Crippen molar-refractivity contribution in [1.82, 2.24) is 9.88 Å². The molecule has 0 N–H and O–H groups in total. The van der Waals surface area contributed by atoms with Gasteiger partial charge in [-0.25, -0.2) is 9.37 Å². The highest BCUT2D eigenvalue weighted by Crippen LogP contribution is 2.22. The first kappa shape index (κ1) is 12.6. The average molecular weight is 258 g/mol. The Morgan fingerprint density at radius 1 is 1.53 bits per heavy atom. The minimum atomic E-state index is -0.338. The normalized spacial score (nSPS) is 21.9. The number of piperazine rings is 1. The lowest BCUT2D eigenvalue weighted by Crippen LogP contribution is -2.52. The number of halogens is 2. The van der Waals surface area contributed by atoms with Crippen molar-refractivity contribution in [3.05, 3.63) is 23.1 Å². The molecule has 2 rings (SSSR count). The summed E-state index contributed by atoms with van der Waals surface area (Å²) in [6.07, 6.45) is 1.50. The quantitative estimate of drug-likeness (QED) is 0.811. The standard InChI is InChI=1S/C12H17ClFN3/c1-3-16-4-5-17(8-9(16)2)12-11(14)6-10(13)7-15-12/h6-7,9H,3-5,8H2,1-2H3. The third-order valence-corrected chi connectivity index (χ3v) is 3.47. The summed E-state index contributed by atoms with van der Waals surface area (Å²) in [5, 5.41) is 0.339. The molecule has 17 heavy (non-hydrogen) atoms. The van der Waals surface area contributed by atoms with Gasteiger partial charge >= 0.3 is 0 Å². The lowest BCUT2D eigenvalue weighted by atomic mass is 10.2. The Balaban J connectivity index is 2.14. The number of pyridine rings is 1. The van der Waals surface area contributed by atoms with E-state index in [2.05, 4.69) is 23.7 Å². The second-order valence-corrected chi connectivity index (χ2v) is 4.82. The first-order valence-electron chi connectivity index (χ1n) is 5.92. The van der Waals surface area contributed by atoms with E-state index in [1.54, 1.807) is 0 Å². The highest BCUT2D eigenvalue weighted by Gasteiger charge is 2.24. The van der Waals surface area contributed by atoms with E-state index >= 15 is 0 Å². The van der Waals surface area contributed by atoms with Crippen molar-refractivity contribution in [1.29, 1.82) is 0 Å². The Hall–Kier alpha value is -0.870. The number of hydrogen-bond donors (Lipinski definition) is 0. The van der Waals surface area contributed by atoms with E-state index in [0.717, 1.165) is 26.2 Å². The van der Waals surface area contributed by atoms with E-state index < -0.39 is 0 Å². The fourth-order valence-electron chi connectivity index (χ4n) is 2.30. The molecular formula is C12H17ClFN3. The molecule has 0 saturated carbocycles. The molecule has 1 aromatic heterocycles. The van der Waals surface area contributed by atoms with Gasteiger partial charge in [0.15, 0.2) is 11.6 Å². The van der Waals surface area contributed by atoms with Crippen LogP contribution in [0, 0.1) is 5.82 Å². The Kier molecular flexibility index (Phi) is 3.84. The first-order chi connectivity index (χ1) is 8.11. The first-order valence-corrected chi connectivity index (χ1v) is 6.29. The van der Waals surface area contributed by atoms with E-state index in [4.69, 9.17) is 11.6 Å². The Morgan fingerprint density at radius 3 is 2.88 bits per heavy atom. The molecule has 2 heterocycles. The zero-order valence-electron chi connectivity index (χ0n) is 10.2. The monoisotopic (exact) mass is 257 g/mol. The van der Waals surface area contributed by atoms with Gasteiger partial charge < -0.3 is 4.90 Å². The van der Waals surface area contributed by atoms with E-state index in [-0.39, 0.29) is 5.82 Å². The predicted octanol–water partition coefficient (Wildman–Crippen LogP) is 2.40. The van der Waals surface area contributed by atoms with Crippen molar-refractivity contribution in [3.8, 4) is 0 Å². The van der Waals surface area contributed by atoms with Crippen molar-refractivity contribution < 1.29 is 4.39 Å². The van der Waals surface area contributed by atoms with Gasteiger partial charge in [0, 0.05) is 31.9 Å². The van der Waals surface area contributed by atoms with Crippen molar-refractivity contribution in [2.45, 2.75) is 19.9 Å². The second kappa shape index (κ2) is 5.19. The maximum Gasteiger partial charge on any atom is 0.167 e. The molecular weight excluding hydrogens is 241 g/mol. The fraction of sp³-hybridized carbons (Fsp3) is 0.583. The average Bonchev–Trinajstić information content (AvgIpc) is 2.29. The lowest BCUT2D eigenvalue weighted by Gasteiger charge is -2.39. The summed E-state index contributed by atoms with van der Waals surface area (Å²) in [5.41, 5.74) is 0. The van der Waals surface area contributed by atoms with E-state index in [9.17, 15) is 4.39 Å². The van der Waals surface area contributed by atoms with Gasteiger partial charge in [-0.3, -0.25) is 4.90 Å². The van der Waals surface area contributed by atoms with Crippen LogP contribution in [0.3, 0.4) is 0 Å². The minimum absolute atomic E-state index is 0.338. The molecule has 1 unspecified atom stereocenters. The summed E-state index contributed by atoms with van der Waals surface area (Å²) in [5.74, 6) is 0.0756. The van der Waals surface area contributed by atoms with Gasteiger partial charge in [0.1, 0.15) is 0 Å². The van der Waals surface area contributed by atoms with Crippen molar-refractivity contribution in [2.75, 3.05) is 31.1 Å². The van der Waals surface area contributed by atoms with E-state index in [1.165, 1.54) is 12.3 Å². The molecule has 5 heteroatoms. The van der Waals surface area contributed by atoms with Crippen LogP contribution < -0.4 is 4.90 Å². The van der Waals surface area contributed by atoms with Crippen molar-refractivity contribution in [2.24, 2.45) is 0 Å². The second-order valence-electron chi connectivity index (χ2n) is 4.38. The van der Waals surface area contributed by atoms with Crippen LogP contribution in [-0.2, 0) is 0 Å². The summed E-state index contributed by atoms with van der Waals surface area (Å²) < 4.78 is 13.7. The van der Waals surface area contributed by atoms with Crippen molar-refractivity contribution in [3.63, 3.8) is 0 Å². The van der Waals surface area contributed by atoms with Crippen LogP contribution in [0.25, 0.3) is 0 Å². The summed E-state index contributed by atoms with van der Waals surface area (Å²) >= 11 is 5.70. The zero-order chi connectivity index (χ0) is 12.4. The van der Waals surface area contributed by atoms with Crippen LogP contribution in [0.5, 0.6) is 0 Å². The van der Waals surface area contributed by atoms with Gasteiger partial charge in [0.2, 0.25) is 0 Å². The van der Waals surface area contributed by atoms with Gasteiger partial charge in [-0.2, -0.15) is 0 Å². The van der Waals surface area contributed by atoms with Crippen LogP contribution in [-0.4, -0.2) is 42.1 Å². The van der Waals surface area contributed by atoms with Gasteiger partial charge in [-0.1, -0.05) is 18.5 Å². The van der Waals surface area contributed by atoms with Crippen LogP contribution in [0.15, 0.2) is 12.3 Å². The van der Waals surface area contributed by atoms with Gasteiger partial charge in [0.05, 0.1) is 5.02 Å². The van der Waals surface area contributed by atoms with Crippen LogP contribution in [0.2, 0.25) is 5.02 Å². The molecule has 1 fully saturated rings. The summed E-state index contributed by atoms with van der Waals surface area (Å²) in [7, 11) is 0. The topological polar surface area (TPSA) is 19.4 Å². The summed E-state index contributed by atoms with van der Waals surface area (Å²) in [6.45, 7) is 7.90. The largest absolute Gasteiger partial charge is 0.351 e. The molecule has 1 aliphatic heterocycles. The molecule has 0 amide bonds. The third-order valence-electron chi connectivity index (χ3n) is 3.26. The van der Waals surface area contributed by atoms with Crippen LogP contribution >= 0.6 is 11.6 Å². The van der Waals surface area contributed by atoms with Gasteiger partial charge in [0.25, 0.3) is 0 Å². The number of nitrogens with zero attached hydrogens (tertiary/aromatic N) is 3. The Morgan fingerprint density at radius 2 is 2.29 bits per heavy atom. The highest BCUT2D eigenvalue weighted by molar-refractivity contribution is 6.30. The third kappa shape index (κ3) is 2.69. The number of rotatable bonds is 2. The molecule has 0 aliphatic carbocycles. The van der Waals surface area contributed by atoms with Crippen molar-refractivity contribution >= 4 is 17.4 Å². The van der Waals surface area contributed by atoms with E-state index in [1.807, 2.05) is 4.90 Å². The molecule has 1 saturated heterocycles. The maximum atomic E-state index is 13.7. The Labute approximate surface area is 106 Å². The molecule has 3 nitrogen and oxygen atoms in total. The summed E-state index contributed by atoms with van der Waals surface area (Å²) in [6, 6.07) is 1.74. The van der Waals surface area contributed by atoms with Gasteiger partial charge in [-0.15, -0.1) is 0 Å². The SMILES string of the molecule is CCN1CCN(c2ncc(Cl)cc2F)CC1C. The minimum Gasteiger partial charge on any atom is -0.351 e.